The van der Waals surface area contributed by atoms with Crippen LogP contribution in [-0.2, 0) is 7.05 Å². The minimum atomic E-state index is -0.529. The minimum absolute atomic E-state index is 0.0292. The smallest absolute Gasteiger partial charge is 0.274 e. The zero-order valence-corrected chi connectivity index (χ0v) is 16.7. The van der Waals surface area contributed by atoms with Gasteiger partial charge in [0.05, 0.1) is 5.39 Å². The SMILES string of the molecule is CC(C)C(NC(=O)c1nn(C)c(=O)c2ccccc12)c1nc(-c2ccncc2)no1. The highest BCUT2D eigenvalue weighted by Crippen LogP contribution is 2.24. The molecule has 152 valence electrons. The van der Waals surface area contributed by atoms with Gasteiger partial charge in [0.2, 0.25) is 11.7 Å². The Labute approximate surface area is 171 Å². The lowest BCUT2D eigenvalue weighted by Crippen LogP contribution is -2.34. The predicted molar refractivity (Wildman–Crippen MR) is 110 cm³/mol. The van der Waals surface area contributed by atoms with Gasteiger partial charge in [0.1, 0.15) is 6.04 Å². The summed E-state index contributed by atoms with van der Waals surface area (Å²) in [6.45, 7) is 3.88. The van der Waals surface area contributed by atoms with E-state index in [1.165, 1.54) is 7.05 Å². The molecule has 1 atom stereocenters. The topological polar surface area (TPSA) is 116 Å². The van der Waals surface area contributed by atoms with Crippen LogP contribution in [0.25, 0.3) is 22.2 Å². The molecule has 4 aromatic rings. The summed E-state index contributed by atoms with van der Waals surface area (Å²) in [4.78, 5) is 33.8. The lowest BCUT2D eigenvalue weighted by atomic mass is 10.0. The number of aryl methyl sites for hydroxylation is 1. The summed E-state index contributed by atoms with van der Waals surface area (Å²) < 4.78 is 6.60. The number of carbonyl (C=O) groups is 1. The van der Waals surface area contributed by atoms with Crippen LogP contribution in [-0.4, -0.2) is 30.8 Å². The molecule has 3 heterocycles. The van der Waals surface area contributed by atoms with Crippen LogP contribution in [0, 0.1) is 5.92 Å². The van der Waals surface area contributed by atoms with Crippen LogP contribution in [0.4, 0.5) is 0 Å². The number of carbonyl (C=O) groups excluding carboxylic acids is 1. The van der Waals surface area contributed by atoms with Crippen molar-refractivity contribution in [2.45, 2.75) is 19.9 Å². The van der Waals surface area contributed by atoms with Crippen molar-refractivity contribution in [1.82, 2.24) is 30.2 Å². The molecule has 30 heavy (non-hydrogen) atoms. The first-order valence-corrected chi connectivity index (χ1v) is 9.46. The number of amides is 1. The van der Waals surface area contributed by atoms with Crippen molar-refractivity contribution < 1.29 is 9.32 Å². The average molecular weight is 404 g/mol. The van der Waals surface area contributed by atoms with Crippen molar-refractivity contribution in [2.24, 2.45) is 13.0 Å². The number of nitrogens with zero attached hydrogens (tertiary/aromatic N) is 5. The number of nitrogens with one attached hydrogen (secondary N) is 1. The van der Waals surface area contributed by atoms with Gasteiger partial charge in [-0.1, -0.05) is 37.2 Å². The van der Waals surface area contributed by atoms with Crippen molar-refractivity contribution >= 4 is 16.7 Å². The van der Waals surface area contributed by atoms with Gasteiger partial charge in [0.15, 0.2) is 5.69 Å². The summed E-state index contributed by atoms with van der Waals surface area (Å²) in [5, 5.41) is 12.0. The van der Waals surface area contributed by atoms with E-state index in [-0.39, 0.29) is 17.2 Å². The van der Waals surface area contributed by atoms with Crippen molar-refractivity contribution in [3.63, 3.8) is 0 Å². The maximum atomic E-state index is 13.1. The summed E-state index contributed by atoms with van der Waals surface area (Å²) in [7, 11) is 1.52. The Balaban J connectivity index is 1.68. The number of hydrogen-bond donors (Lipinski definition) is 1. The molecule has 1 aromatic carbocycles. The Bertz CT molecular complexity index is 1260. The van der Waals surface area contributed by atoms with Crippen LogP contribution < -0.4 is 10.9 Å². The minimum Gasteiger partial charge on any atom is -0.339 e. The van der Waals surface area contributed by atoms with Gasteiger partial charge < -0.3 is 9.84 Å². The molecule has 0 saturated carbocycles. The Morgan fingerprint density at radius 1 is 1.10 bits per heavy atom. The molecule has 9 heteroatoms. The summed E-state index contributed by atoms with van der Waals surface area (Å²) in [6, 6.07) is 9.92. The molecule has 0 radical (unpaired) electrons. The standard InChI is InChI=1S/C21H20N6O3/c1-12(2)16(20-24-18(26-30-20)13-8-10-22-11-9-13)23-19(28)17-14-6-4-5-7-15(14)21(29)27(3)25-17/h4-12,16H,1-3H3,(H,23,28). The van der Waals surface area contributed by atoms with Gasteiger partial charge in [-0.05, 0) is 24.1 Å². The molecule has 4 rings (SSSR count). The fourth-order valence-corrected chi connectivity index (χ4v) is 3.17. The lowest BCUT2D eigenvalue weighted by molar-refractivity contribution is 0.0908. The molecule has 3 aromatic heterocycles. The molecule has 0 saturated heterocycles. The number of aromatic nitrogens is 5. The molecule has 0 fully saturated rings. The third-order valence-electron chi connectivity index (χ3n) is 4.77. The van der Waals surface area contributed by atoms with Crippen molar-refractivity contribution in [3.8, 4) is 11.4 Å². The normalized spacial score (nSPS) is 12.3. The molecule has 0 aliphatic rings. The third kappa shape index (κ3) is 3.57. The molecular weight excluding hydrogens is 384 g/mol. The van der Waals surface area contributed by atoms with Gasteiger partial charge >= 0.3 is 0 Å². The molecule has 0 bridgehead atoms. The molecule has 1 amide bonds. The Morgan fingerprint density at radius 3 is 2.50 bits per heavy atom. The van der Waals surface area contributed by atoms with E-state index in [2.05, 4.69) is 25.5 Å². The van der Waals surface area contributed by atoms with E-state index in [0.29, 0.717) is 22.5 Å². The van der Waals surface area contributed by atoms with Crippen LogP contribution in [0.5, 0.6) is 0 Å². The zero-order valence-electron chi connectivity index (χ0n) is 16.7. The quantitative estimate of drug-likeness (QED) is 0.543. The first kappa shape index (κ1) is 19.4. The summed E-state index contributed by atoms with van der Waals surface area (Å²) in [5.41, 5.74) is 0.660. The van der Waals surface area contributed by atoms with Gasteiger partial charge in [-0.15, -0.1) is 0 Å². The molecule has 1 unspecified atom stereocenters. The second kappa shape index (κ2) is 7.86. The van der Waals surface area contributed by atoms with Crippen LogP contribution in [0.2, 0.25) is 0 Å². The van der Waals surface area contributed by atoms with E-state index in [1.54, 1.807) is 48.8 Å². The van der Waals surface area contributed by atoms with Gasteiger partial charge in [-0.2, -0.15) is 10.1 Å². The molecule has 0 aliphatic heterocycles. The largest absolute Gasteiger partial charge is 0.339 e. The summed E-state index contributed by atoms with van der Waals surface area (Å²) >= 11 is 0. The van der Waals surface area contributed by atoms with E-state index in [4.69, 9.17) is 4.52 Å². The Morgan fingerprint density at radius 2 is 1.80 bits per heavy atom. The van der Waals surface area contributed by atoms with Crippen molar-refractivity contribution in [2.75, 3.05) is 0 Å². The molecule has 0 aliphatic carbocycles. The number of fused-ring (bicyclic) bond motifs is 1. The summed E-state index contributed by atoms with van der Waals surface area (Å²) in [6.07, 6.45) is 3.28. The molecule has 1 N–H and O–H groups in total. The fraction of sp³-hybridized carbons (Fsp3) is 0.238. The van der Waals surface area contributed by atoms with Crippen molar-refractivity contribution in [3.05, 3.63) is 70.7 Å². The van der Waals surface area contributed by atoms with Gasteiger partial charge in [0.25, 0.3) is 11.5 Å². The van der Waals surface area contributed by atoms with E-state index < -0.39 is 11.9 Å². The second-order valence-electron chi connectivity index (χ2n) is 7.21. The highest BCUT2D eigenvalue weighted by molar-refractivity contribution is 6.04. The highest BCUT2D eigenvalue weighted by atomic mass is 16.5. The number of hydrogen-bond acceptors (Lipinski definition) is 7. The second-order valence-corrected chi connectivity index (χ2v) is 7.21. The number of rotatable bonds is 5. The van der Waals surface area contributed by atoms with E-state index in [1.807, 2.05) is 13.8 Å². The van der Waals surface area contributed by atoms with Crippen molar-refractivity contribution in [1.29, 1.82) is 0 Å². The first-order chi connectivity index (χ1) is 14.5. The first-order valence-electron chi connectivity index (χ1n) is 9.46. The number of benzene rings is 1. The Hall–Kier alpha value is -3.88. The van der Waals surface area contributed by atoms with Gasteiger partial charge in [-0.3, -0.25) is 14.6 Å². The molecular formula is C21H20N6O3. The Kier molecular flexibility index (Phi) is 5.09. The maximum Gasteiger partial charge on any atom is 0.274 e. The van der Waals surface area contributed by atoms with Crippen LogP contribution in [0.15, 0.2) is 58.1 Å². The summed E-state index contributed by atoms with van der Waals surface area (Å²) in [5.74, 6) is 0.250. The fourth-order valence-electron chi connectivity index (χ4n) is 3.17. The van der Waals surface area contributed by atoms with E-state index >= 15 is 0 Å². The third-order valence-corrected chi connectivity index (χ3v) is 4.77. The monoisotopic (exact) mass is 404 g/mol. The average Bonchev–Trinajstić information content (AvgIpc) is 3.24. The van der Waals surface area contributed by atoms with Crippen LogP contribution >= 0.6 is 0 Å². The van der Waals surface area contributed by atoms with Gasteiger partial charge in [-0.25, -0.2) is 4.68 Å². The van der Waals surface area contributed by atoms with Gasteiger partial charge in [0, 0.05) is 30.4 Å². The van der Waals surface area contributed by atoms with E-state index in [0.717, 1.165) is 10.2 Å². The zero-order chi connectivity index (χ0) is 21.3. The molecule has 0 spiro atoms. The maximum absolute atomic E-state index is 13.1. The lowest BCUT2D eigenvalue weighted by Gasteiger charge is -2.18. The van der Waals surface area contributed by atoms with Crippen LogP contribution in [0.3, 0.4) is 0 Å². The number of pyridine rings is 1. The predicted octanol–water partition coefficient (Wildman–Crippen LogP) is 2.51. The van der Waals surface area contributed by atoms with Crippen LogP contribution in [0.1, 0.15) is 36.3 Å². The van der Waals surface area contributed by atoms with E-state index in [9.17, 15) is 9.59 Å². The molecule has 9 nitrogen and oxygen atoms in total. The highest BCUT2D eigenvalue weighted by Gasteiger charge is 2.27.